The molecule has 0 radical (unpaired) electrons. The highest BCUT2D eigenvalue weighted by Gasteiger charge is 2.20. The molecule has 2 aromatic heterocycles. The summed E-state index contributed by atoms with van der Waals surface area (Å²) in [6, 6.07) is 14.8. The largest absolute Gasteiger partial charge is 0.395 e. The number of pyridine rings is 1. The Balaban J connectivity index is 1.70. The molecule has 0 unspecified atom stereocenters. The second-order valence-corrected chi connectivity index (χ2v) is 7.88. The number of anilines is 2. The number of halogens is 3. The number of nitrogens with one attached hydrogen (secondary N) is 2. The topological polar surface area (TPSA) is 135 Å². The summed E-state index contributed by atoms with van der Waals surface area (Å²) in [5.41, 5.74) is 5.88. The van der Waals surface area contributed by atoms with E-state index in [1.807, 2.05) is 0 Å². The molecule has 12 heteroatoms. The van der Waals surface area contributed by atoms with Gasteiger partial charge >= 0.3 is 0 Å². The highest BCUT2D eigenvalue weighted by atomic mass is 35.5. The van der Waals surface area contributed by atoms with Crippen molar-refractivity contribution >= 4 is 35.1 Å². The summed E-state index contributed by atoms with van der Waals surface area (Å²) in [6.07, 6.45) is 0. The Morgan fingerprint density at radius 1 is 1.03 bits per heavy atom. The van der Waals surface area contributed by atoms with Gasteiger partial charge in [-0.3, -0.25) is 9.59 Å². The first-order valence-corrected chi connectivity index (χ1v) is 10.9. The first-order valence-electron chi connectivity index (χ1n) is 10.6. The lowest BCUT2D eigenvalue weighted by Crippen LogP contribution is -2.26. The molecule has 4 aromatic rings. The van der Waals surface area contributed by atoms with E-state index >= 15 is 0 Å². The standard InChI is InChI=1S/C24H19ClF2N6O3/c25-16-7-6-13(21-17(26)11-18(27)22(28)31-21)10-15(16)23(35)30-20-12-19(24(36)29-8-9-34)32-33(20)14-4-2-1-3-5-14/h1-7,10-12,34H,8-9H2,(H2,28,31)(H,29,36)(H,30,35). The van der Waals surface area contributed by atoms with Crippen LogP contribution in [0.3, 0.4) is 0 Å². The van der Waals surface area contributed by atoms with E-state index in [0.717, 1.165) is 0 Å². The molecule has 0 fully saturated rings. The predicted octanol–water partition coefficient (Wildman–Crippen LogP) is 3.42. The van der Waals surface area contributed by atoms with E-state index in [4.69, 9.17) is 22.4 Å². The molecule has 0 atom stereocenters. The zero-order valence-corrected chi connectivity index (χ0v) is 19.3. The van der Waals surface area contributed by atoms with Crippen LogP contribution in [0, 0.1) is 11.6 Å². The van der Waals surface area contributed by atoms with Gasteiger partial charge in [-0.25, -0.2) is 18.4 Å². The van der Waals surface area contributed by atoms with E-state index in [2.05, 4.69) is 20.7 Å². The highest BCUT2D eigenvalue weighted by molar-refractivity contribution is 6.34. The van der Waals surface area contributed by atoms with E-state index in [9.17, 15) is 18.4 Å². The third-order valence-electron chi connectivity index (χ3n) is 5.02. The van der Waals surface area contributed by atoms with E-state index in [0.29, 0.717) is 11.8 Å². The van der Waals surface area contributed by atoms with Crippen LogP contribution >= 0.6 is 11.6 Å². The van der Waals surface area contributed by atoms with Gasteiger partial charge in [-0.1, -0.05) is 35.9 Å². The monoisotopic (exact) mass is 512 g/mol. The SMILES string of the molecule is Nc1nc(-c2ccc(Cl)c(C(=O)Nc3cc(C(=O)NCCO)nn3-c3ccccc3)c2)c(F)cc1F. The van der Waals surface area contributed by atoms with Crippen molar-refractivity contribution < 1.29 is 23.5 Å². The van der Waals surface area contributed by atoms with E-state index < -0.39 is 29.3 Å². The van der Waals surface area contributed by atoms with Crippen molar-refractivity contribution in [3.8, 4) is 16.9 Å². The summed E-state index contributed by atoms with van der Waals surface area (Å²) < 4.78 is 29.2. The van der Waals surface area contributed by atoms with Crippen molar-refractivity contribution in [1.29, 1.82) is 0 Å². The maximum Gasteiger partial charge on any atom is 0.271 e. The molecule has 5 N–H and O–H groups in total. The predicted molar refractivity (Wildman–Crippen MR) is 130 cm³/mol. The van der Waals surface area contributed by atoms with Crippen molar-refractivity contribution in [3.05, 3.63) is 88.6 Å². The molecule has 184 valence electrons. The highest BCUT2D eigenvalue weighted by Crippen LogP contribution is 2.28. The minimum Gasteiger partial charge on any atom is -0.395 e. The molecule has 2 aromatic carbocycles. The van der Waals surface area contributed by atoms with Crippen LogP contribution in [0.15, 0.2) is 60.7 Å². The molecule has 4 rings (SSSR count). The lowest BCUT2D eigenvalue weighted by molar-refractivity contribution is 0.0938. The van der Waals surface area contributed by atoms with Gasteiger partial charge in [0.1, 0.15) is 11.5 Å². The van der Waals surface area contributed by atoms with Crippen LogP contribution < -0.4 is 16.4 Å². The van der Waals surface area contributed by atoms with Gasteiger partial charge in [0.25, 0.3) is 11.8 Å². The summed E-state index contributed by atoms with van der Waals surface area (Å²) >= 11 is 6.24. The summed E-state index contributed by atoms with van der Waals surface area (Å²) in [5.74, 6) is -3.54. The molecule has 0 aliphatic carbocycles. The number of nitrogens with zero attached hydrogens (tertiary/aromatic N) is 3. The van der Waals surface area contributed by atoms with Crippen molar-refractivity contribution in [2.24, 2.45) is 0 Å². The maximum atomic E-state index is 14.3. The molecule has 0 aliphatic rings. The molecule has 9 nitrogen and oxygen atoms in total. The quantitative estimate of drug-likeness (QED) is 0.300. The van der Waals surface area contributed by atoms with Crippen molar-refractivity contribution in [2.45, 2.75) is 0 Å². The number of aliphatic hydroxyl groups is 1. The number of benzene rings is 2. The van der Waals surface area contributed by atoms with Crippen LogP contribution in [0.2, 0.25) is 5.02 Å². The van der Waals surface area contributed by atoms with Gasteiger partial charge in [-0.05, 0) is 24.3 Å². The molecule has 2 heterocycles. The number of aromatic nitrogens is 3. The number of carbonyl (C=O) groups excluding carboxylic acids is 2. The Hall–Kier alpha value is -4.35. The number of aliphatic hydroxyl groups excluding tert-OH is 1. The van der Waals surface area contributed by atoms with Gasteiger partial charge in [-0.2, -0.15) is 5.10 Å². The fourth-order valence-electron chi connectivity index (χ4n) is 3.32. The summed E-state index contributed by atoms with van der Waals surface area (Å²) in [4.78, 5) is 29.3. The van der Waals surface area contributed by atoms with Crippen LogP contribution in [0.5, 0.6) is 0 Å². The summed E-state index contributed by atoms with van der Waals surface area (Å²) in [7, 11) is 0. The minimum absolute atomic E-state index is 0.00416. The molecule has 0 saturated carbocycles. The van der Waals surface area contributed by atoms with Crippen molar-refractivity contribution in [1.82, 2.24) is 20.1 Å². The van der Waals surface area contributed by atoms with Gasteiger partial charge < -0.3 is 21.5 Å². The molecular weight excluding hydrogens is 494 g/mol. The van der Waals surface area contributed by atoms with Crippen LogP contribution in [0.25, 0.3) is 16.9 Å². The van der Waals surface area contributed by atoms with E-state index in [1.165, 1.54) is 28.9 Å². The number of rotatable bonds is 7. The zero-order valence-electron chi connectivity index (χ0n) is 18.5. The Bertz CT molecular complexity index is 1450. The smallest absolute Gasteiger partial charge is 0.271 e. The number of nitrogen functional groups attached to an aromatic ring is 1. The van der Waals surface area contributed by atoms with Gasteiger partial charge in [-0.15, -0.1) is 0 Å². The Labute approximate surface area is 208 Å². The first-order chi connectivity index (χ1) is 17.3. The fraction of sp³-hybridized carbons (Fsp3) is 0.0833. The number of nitrogens with two attached hydrogens (primary N) is 1. The average Bonchev–Trinajstić information content (AvgIpc) is 3.29. The first kappa shape index (κ1) is 24.8. The second kappa shape index (κ2) is 10.5. The number of hydrogen-bond acceptors (Lipinski definition) is 6. The molecule has 0 spiro atoms. The molecule has 0 aliphatic heterocycles. The normalized spacial score (nSPS) is 10.8. The van der Waals surface area contributed by atoms with Crippen LogP contribution in [-0.4, -0.2) is 44.8 Å². The van der Waals surface area contributed by atoms with Crippen LogP contribution in [-0.2, 0) is 0 Å². The maximum absolute atomic E-state index is 14.3. The summed E-state index contributed by atoms with van der Waals surface area (Å²) in [5, 5.41) is 18.4. The number of amides is 2. The zero-order chi connectivity index (χ0) is 25.8. The van der Waals surface area contributed by atoms with Gasteiger partial charge in [0, 0.05) is 24.2 Å². The second-order valence-electron chi connectivity index (χ2n) is 7.48. The molecule has 36 heavy (non-hydrogen) atoms. The molecule has 2 amide bonds. The summed E-state index contributed by atoms with van der Waals surface area (Å²) in [6.45, 7) is -0.224. The number of carbonyl (C=O) groups is 2. The van der Waals surface area contributed by atoms with Crippen LogP contribution in [0.4, 0.5) is 20.4 Å². The van der Waals surface area contributed by atoms with Gasteiger partial charge in [0.15, 0.2) is 23.1 Å². The third kappa shape index (κ3) is 5.16. The van der Waals surface area contributed by atoms with E-state index in [1.54, 1.807) is 30.3 Å². The van der Waals surface area contributed by atoms with Crippen LogP contribution in [0.1, 0.15) is 20.8 Å². The Morgan fingerprint density at radius 3 is 2.50 bits per heavy atom. The fourth-order valence-corrected chi connectivity index (χ4v) is 3.52. The van der Waals surface area contributed by atoms with Gasteiger partial charge in [0.2, 0.25) is 0 Å². The Morgan fingerprint density at radius 2 is 1.78 bits per heavy atom. The number of hydrogen-bond donors (Lipinski definition) is 4. The van der Waals surface area contributed by atoms with E-state index in [-0.39, 0.29) is 46.5 Å². The lowest BCUT2D eigenvalue weighted by atomic mass is 10.1. The molecule has 0 saturated heterocycles. The molecular formula is C24H19ClF2N6O3. The molecule has 0 bridgehead atoms. The van der Waals surface area contributed by atoms with Crippen molar-refractivity contribution in [2.75, 3.05) is 24.2 Å². The number of para-hydroxylation sites is 1. The lowest BCUT2D eigenvalue weighted by Gasteiger charge is -2.11. The average molecular weight is 513 g/mol. The van der Waals surface area contributed by atoms with Gasteiger partial charge in [0.05, 0.1) is 22.9 Å². The minimum atomic E-state index is -1.00. The third-order valence-corrected chi connectivity index (χ3v) is 5.35. The Kier molecular flexibility index (Phi) is 7.23. The van der Waals surface area contributed by atoms with Crippen molar-refractivity contribution in [3.63, 3.8) is 0 Å².